The molecule has 1 aromatic rings. The Kier molecular flexibility index (Phi) is 4.14. The first kappa shape index (κ1) is 13.2. The zero-order chi connectivity index (χ0) is 12.3. The zero-order valence-electron chi connectivity index (χ0n) is 9.83. The van der Waals surface area contributed by atoms with Crippen molar-refractivity contribution in [2.24, 2.45) is 11.3 Å². The summed E-state index contributed by atoms with van der Waals surface area (Å²) in [6.07, 6.45) is 0.563. The second-order valence-corrected chi connectivity index (χ2v) is 5.60. The average molecular weight is 285 g/mol. The highest BCUT2D eigenvalue weighted by atomic mass is 79.9. The zero-order valence-corrected chi connectivity index (χ0v) is 11.4. The van der Waals surface area contributed by atoms with Crippen LogP contribution in [0.15, 0.2) is 28.7 Å². The average Bonchev–Trinajstić information content (AvgIpc) is 2.20. The highest BCUT2D eigenvalue weighted by Crippen LogP contribution is 2.32. The van der Waals surface area contributed by atoms with Gasteiger partial charge >= 0.3 is 5.97 Å². The second kappa shape index (κ2) is 5.00. The van der Waals surface area contributed by atoms with Gasteiger partial charge in [0.2, 0.25) is 0 Å². The highest BCUT2D eigenvalue weighted by molar-refractivity contribution is 9.10. The third kappa shape index (κ3) is 2.85. The van der Waals surface area contributed by atoms with Gasteiger partial charge in [0.15, 0.2) is 0 Å². The number of carboxylic acid groups (broad SMARTS) is 1. The lowest BCUT2D eigenvalue weighted by molar-refractivity contribution is -0.150. The molecule has 1 atom stereocenters. The SMILES string of the molecule is CC(C)C(C)(Cc1ccc(Br)cc1)C(=O)O. The molecule has 88 valence electrons. The van der Waals surface area contributed by atoms with Crippen molar-refractivity contribution in [3.8, 4) is 0 Å². The number of benzene rings is 1. The van der Waals surface area contributed by atoms with Gasteiger partial charge in [-0.05, 0) is 37.0 Å². The molecule has 16 heavy (non-hydrogen) atoms. The topological polar surface area (TPSA) is 37.3 Å². The quantitative estimate of drug-likeness (QED) is 0.915. The van der Waals surface area contributed by atoms with Gasteiger partial charge in [-0.15, -0.1) is 0 Å². The van der Waals surface area contributed by atoms with Crippen molar-refractivity contribution in [1.82, 2.24) is 0 Å². The fourth-order valence-electron chi connectivity index (χ4n) is 1.55. The molecule has 1 rings (SSSR count). The minimum atomic E-state index is -0.731. The van der Waals surface area contributed by atoms with Crippen molar-refractivity contribution in [2.75, 3.05) is 0 Å². The Balaban J connectivity index is 2.93. The summed E-state index contributed by atoms with van der Waals surface area (Å²) in [6.45, 7) is 5.71. The van der Waals surface area contributed by atoms with Crippen molar-refractivity contribution in [2.45, 2.75) is 27.2 Å². The van der Waals surface area contributed by atoms with Gasteiger partial charge in [0, 0.05) is 4.47 Å². The summed E-state index contributed by atoms with van der Waals surface area (Å²) in [7, 11) is 0. The maximum atomic E-state index is 11.3. The molecule has 0 spiro atoms. The number of hydrogen-bond donors (Lipinski definition) is 1. The molecular formula is C13H17BrO2. The summed E-state index contributed by atoms with van der Waals surface area (Å²) in [5, 5.41) is 9.31. The Morgan fingerprint density at radius 1 is 1.38 bits per heavy atom. The lowest BCUT2D eigenvalue weighted by atomic mass is 9.74. The van der Waals surface area contributed by atoms with Crippen LogP contribution in [0.4, 0.5) is 0 Å². The maximum Gasteiger partial charge on any atom is 0.309 e. The molecule has 2 nitrogen and oxygen atoms in total. The lowest BCUT2D eigenvalue weighted by Gasteiger charge is -2.29. The third-order valence-electron chi connectivity index (χ3n) is 3.25. The predicted molar refractivity (Wildman–Crippen MR) is 68.4 cm³/mol. The summed E-state index contributed by atoms with van der Waals surface area (Å²) < 4.78 is 1.01. The first-order valence-electron chi connectivity index (χ1n) is 5.34. The van der Waals surface area contributed by atoms with Crippen molar-refractivity contribution >= 4 is 21.9 Å². The number of carboxylic acids is 1. The molecule has 0 heterocycles. The van der Waals surface area contributed by atoms with E-state index in [9.17, 15) is 9.90 Å². The molecule has 0 saturated heterocycles. The van der Waals surface area contributed by atoms with Gasteiger partial charge in [0.1, 0.15) is 0 Å². The monoisotopic (exact) mass is 284 g/mol. The van der Waals surface area contributed by atoms with Crippen molar-refractivity contribution in [3.05, 3.63) is 34.3 Å². The van der Waals surface area contributed by atoms with E-state index in [4.69, 9.17) is 0 Å². The fraction of sp³-hybridized carbons (Fsp3) is 0.462. The van der Waals surface area contributed by atoms with Crippen molar-refractivity contribution in [1.29, 1.82) is 0 Å². The van der Waals surface area contributed by atoms with E-state index in [1.54, 1.807) is 0 Å². The van der Waals surface area contributed by atoms with Crippen LogP contribution in [0.2, 0.25) is 0 Å². The molecule has 0 amide bonds. The second-order valence-electron chi connectivity index (χ2n) is 4.68. The minimum absolute atomic E-state index is 0.105. The van der Waals surface area contributed by atoms with E-state index in [1.807, 2.05) is 45.0 Å². The molecule has 1 unspecified atom stereocenters. The summed E-state index contributed by atoms with van der Waals surface area (Å²) in [5.74, 6) is -0.626. The van der Waals surface area contributed by atoms with Gasteiger partial charge in [0.05, 0.1) is 5.41 Å². The van der Waals surface area contributed by atoms with E-state index < -0.39 is 11.4 Å². The van der Waals surface area contributed by atoms with Crippen LogP contribution in [-0.2, 0) is 11.2 Å². The number of halogens is 1. The van der Waals surface area contributed by atoms with Crippen molar-refractivity contribution < 1.29 is 9.90 Å². The summed E-state index contributed by atoms with van der Waals surface area (Å²) in [5.41, 5.74) is 0.357. The number of rotatable bonds is 4. The van der Waals surface area contributed by atoms with Gasteiger partial charge in [-0.25, -0.2) is 0 Å². The van der Waals surface area contributed by atoms with Crippen LogP contribution in [0.25, 0.3) is 0 Å². The van der Waals surface area contributed by atoms with E-state index in [0.717, 1.165) is 10.0 Å². The minimum Gasteiger partial charge on any atom is -0.481 e. The molecule has 0 aliphatic heterocycles. The molecule has 0 aromatic heterocycles. The van der Waals surface area contributed by atoms with Gasteiger partial charge in [-0.2, -0.15) is 0 Å². The van der Waals surface area contributed by atoms with Gasteiger partial charge in [-0.3, -0.25) is 4.79 Å². The maximum absolute atomic E-state index is 11.3. The van der Waals surface area contributed by atoms with Crippen LogP contribution in [0.3, 0.4) is 0 Å². The Morgan fingerprint density at radius 2 is 1.88 bits per heavy atom. The Morgan fingerprint density at radius 3 is 2.25 bits per heavy atom. The van der Waals surface area contributed by atoms with Crippen LogP contribution in [0, 0.1) is 11.3 Å². The smallest absolute Gasteiger partial charge is 0.309 e. The van der Waals surface area contributed by atoms with Crippen LogP contribution >= 0.6 is 15.9 Å². The van der Waals surface area contributed by atoms with Gasteiger partial charge < -0.3 is 5.11 Å². The third-order valence-corrected chi connectivity index (χ3v) is 3.78. The van der Waals surface area contributed by atoms with Crippen LogP contribution in [0.1, 0.15) is 26.3 Å². The molecule has 3 heteroatoms. The van der Waals surface area contributed by atoms with Crippen LogP contribution < -0.4 is 0 Å². The van der Waals surface area contributed by atoms with E-state index in [0.29, 0.717) is 6.42 Å². The number of carbonyl (C=O) groups is 1. The van der Waals surface area contributed by atoms with E-state index in [2.05, 4.69) is 15.9 Å². The number of aliphatic carboxylic acids is 1. The first-order valence-corrected chi connectivity index (χ1v) is 6.13. The van der Waals surface area contributed by atoms with Crippen LogP contribution in [-0.4, -0.2) is 11.1 Å². The summed E-state index contributed by atoms with van der Waals surface area (Å²) in [4.78, 5) is 11.3. The van der Waals surface area contributed by atoms with E-state index in [1.165, 1.54) is 0 Å². The molecule has 0 aliphatic rings. The summed E-state index contributed by atoms with van der Waals surface area (Å²) >= 11 is 3.37. The fourth-order valence-corrected chi connectivity index (χ4v) is 1.82. The summed E-state index contributed by atoms with van der Waals surface area (Å²) in [6, 6.07) is 7.82. The van der Waals surface area contributed by atoms with Crippen LogP contribution in [0.5, 0.6) is 0 Å². The molecule has 0 saturated carbocycles. The molecule has 0 aliphatic carbocycles. The largest absolute Gasteiger partial charge is 0.481 e. The molecular weight excluding hydrogens is 268 g/mol. The molecule has 0 bridgehead atoms. The number of hydrogen-bond acceptors (Lipinski definition) is 1. The molecule has 0 fully saturated rings. The normalized spacial score (nSPS) is 14.8. The highest BCUT2D eigenvalue weighted by Gasteiger charge is 2.36. The standard InChI is InChI=1S/C13H17BrO2/c1-9(2)13(3,12(15)16)8-10-4-6-11(14)7-5-10/h4-7,9H,8H2,1-3H3,(H,15,16). The Bertz CT molecular complexity index is 370. The van der Waals surface area contributed by atoms with Crippen molar-refractivity contribution in [3.63, 3.8) is 0 Å². The predicted octanol–water partition coefficient (Wildman–Crippen LogP) is 3.74. The molecule has 0 radical (unpaired) electrons. The van der Waals surface area contributed by atoms with E-state index >= 15 is 0 Å². The van der Waals surface area contributed by atoms with Gasteiger partial charge in [0.25, 0.3) is 0 Å². The van der Waals surface area contributed by atoms with E-state index in [-0.39, 0.29) is 5.92 Å². The Labute approximate surface area is 105 Å². The van der Waals surface area contributed by atoms with Gasteiger partial charge in [-0.1, -0.05) is 41.9 Å². The first-order chi connectivity index (χ1) is 7.36. The molecule has 1 aromatic carbocycles. The molecule has 1 N–H and O–H groups in total. The lowest BCUT2D eigenvalue weighted by Crippen LogP contribution is -2.35. The Hall–Kier alpha value is -0.830.